The van der Waals surface area contributed by atoms with Gasteiger partial charge in [-0.1, -0.05) is 54.6 Å². The van der Waals surface area contributed by atoms with Crippen LogP contribution in [0, 0.1) is 0 Å². The largest absolute Gasteiger partial charge is 0.485 e. The summed E-state index contributed by atoms with van der Waals surface area (Å²) in [6, 6.07) is 21.0. The molecule has 132 valence electrons. The zero-order chi connectivity index (χ0) is 18.2. The summed E-state index contributed by atoms with van der Waals surface area (Å²) in [7, 11) is 0. The molecule has 0 aliphatic heterocycles. The minimum atomic E-state index is -0.243. The van der Waals surface area contributed by atoms with Gasteiger partial charge in [0.15, 0.2) is 5.76 Å². The van der Waals surface area contributed by atoms with Gasteiger partial charge in [-0.2, -0.15) is 0 Å². The van der Waals surface area contributed by atoms with Gasteiger partial charge < -0.3 is 14.5 Å². The standard InChI is InChI=1S/C22H21NO3/c1-2-8-18-11-6-7-12-20(18)25-16-19-13-14-21(26-19)22(24)23-15-17-9-4-3-5-10-17/h2-7,9-14H,1,8,15-16H2,(H,23,24). The highest BCUT2D eigenvalue weighted by Gasteiger charge is 2.11. The summed E-state index contributed by atoms with van der Waals surface area (Å²) in [5.74, 6) is 1.42. The molecule has 0 aliphatic rings. The second-order valence-electron chi connectivity index (χ2n) is 5.82. The number of furan rings is 1. The maximum Gasteiger partial charge on any atom is 0.287 e. The zero-order valence-corrected chi connectivity index (χ0v) is 14.5. The van der Waals surface area contributed by atoms with Crippen molar-refractivity contribution in [3.63, 3.8) is 0 Å². The highest BCUT2D eigenvalue weighted by atomic mass is 16.5. The van der Waals surface area contributed by atoms with E-state index < -0.39 is 0 Å². The number of para-hydroxylation sites is 1. The van der Waals surface area contributed by atoms with Gasteiger partial charge in [-0.05, 0) is 35.7 Å². The first-order valence-electron chi connectivity index (χ1n) is 8.48. The third kappa shape index (κ3) is 4.63. The second-order valence-corrected chi connectivity index (χ2v) is 5.82. The molecule has 3 aromatic rings. The zero-order valence-electron chi connectivity index (χ0n) is 14.5. The predicted molar refractivity (Wildman–Crippen MR) is 101 cm³/mol. The van der Waals surface area contributed by atoms with Crippen molar-refractivity contribution in [2.75, 3.05) is 0 Å². The molecule has 0 bridgehead atoms. The average Bonchev–Trinajstić information content (AvgIpc) is 3.16. The number of ether oxygens (including phenoxy) is 1. The maximum atomic E-state index is 12.2. The lowest BCUT2D eigenvalue weighted by molar-refractivity contribution is 0.0919. The number of rotatable bonds is 8. The normalized spacial score (nSPS) is 10.3. The lowest BCUT2D eigenvalue weighted by Crippen LogP contribution is -2.22. The highest BCUT2D eigenvalue weighted by Crippen LogP contribution is 2.20. The number of amides is 1. The smallest absolute Gasteiger partial charge is 0.287 e. The second kappa shape index (κ2) is 8.72. The molecular weight excluding hydrogens is 326 g/mol. The van der Waals surface area contributed by atoms with Gasteiger partial charge in [0.2, 0.25) is 0 Å². The first-order valence-corrected chi connectivity index (χ1v) is 8.48. The van der Waals surface area contributed by atoms with Crippen LogP contribution in [0.2, 0.25) is 0 Å². The van der Waals surface area contributed by atoms with Gasteiger partial charge in [0.25, 0.3) is 5.91 Å². The topological polar surface area (TPSA) is 51.5 Å². The Balaban J connectivity index is 1.56. The van der Waals surface area contributed by atoms with Crippen molar-refractivity contribution in [1.29, 1.82) is 0 Å². The fourth-order valence-corrected chi connectivity index (χ4v) is 2.56. The van der Waals surface area contributed by atoms with Crippen LogP contribution < -0.4 is 10.1 Å². The number of hydrogen-bond donors (Lipinski definition) is 1. The van der Waals surface area contributed by atoms with Crippen LogP contribution in [0.5, 0.6) is 5.75 Å². The van der Waals surface area contributed by atoms with Gasteiger partial charge in [0.1, 0.15) is 18.1 Å². The van der Waals surface area contributed by atoms with E-state index in [2.05, 4.69) is 11.9 Å². The van der Waals surface area contributed by atoms with Gasteiger partial charge in [-0.3, -0.25) is 4.79 Å². The SMILES string of the molecule is C=CCc1ccccc1OCc1ccc(C(=O)NCc2ccccc2)o1. The third-order valence-corrected chi connectivity index (χ3v) is 3.89. The van der Waals surface area contributed by atoms with Gasteiger partial charge in [0, 0.05) is 6.54 Å². The van der Waals surface area contributed by atoms with Gasteiger partial charge in [0.05, 0.1) is 0 Å². The summed E-state index contributed by atoms with van der Waals surface area (Å²) in [5, 5.41) is 2.84. The van der Waals surface area contributed by atoms with E-state index >= 15 is 0 Å². The van der Waals surface area contributed by atoms with E-state index in [9.17, 15) is 4.79 Å². The molecule has 0 saturated carbocycles. The Labute approximate surface area is 153 Å². The number of hydrogen-bond acceptors (Lipinski definition) is 3. The summed E-state index contributed by atoms with van der Waals surface area (Å²) >= 11 is 0. The molecule has 0 aliphatic carbocycles. The quantitative estimate of drug-likeness (QED) is 0.610. The minimum Gasteiger partial charge on any atom is -0.485 e. The Bertz CT molecular complexity index is 868. The first-order chi connectivity index (χ1) is 12.8. The maximum absolute atomic E-state index is 12.2. The lowest BCUT2D eigenvalue weighted by atomic mass is 10.1. The summed E-state index contributed by atoms with van der Waals surface area (Å²) < 4.78 is 11.4. The molecule has 3 rings (SSSR count). The molecule has 0 saturated heterocycles. The fraction of sp³-hybridized carbons (Fsp3) is 0.136. The van der Waals surface area contributed by atoms with Crippen molar-refractivity contribution in [1.82, 2.24) is 5.32 Å². The van der Waals surface area contributed by atoms with Gasteiger partial charge >= 0.3 is 0 Å². The molecule has 0 fully saturated rings. The Kier molecular flexibility index (Phi) is 5.88. The molecule has 0 radical (unpaired) electrons. The van der Waals surface area contributed by atoms with E-state index in [1.54, 1.807) is 12.1 Å². The van der Waals surface area contributed by atoms with E-state index in [1.165, 1.54) is 0 Å². The van der Waals surface area contributed by atoms with Crippen LogP contribution in [0.3, 0.4) is 0 Å². The van der Waals surface area contributed by atoms with Crippen LogP contribution in [0.1, 0.15) is 27.4 Å². The van der Waals surface area contributed by atoms with Gasteiger partial charge in [-0.15, -0.1) is 6.58 Å². The first kappa shape index (κ1) is 17.5. The number of carbonyl (C=O) groups is 1. The Morgan fingerprint density at radius 2 is 1.81 bits per heavy atom. The Morgan fingerprint density at radius 3 is 2.62 bits per heavy atom. The summed E-state index contributed by atoms with van der Waals surface area (Å²) in [6.45, 7) is 4.48. The minimum absolute atomic E-state index is 0.243. The molecule has 0 atom stereocenters. The van der Waals surface area contributed by atoms with Gasteiger partial charge in [-0.25, -0.2) is 0 Å². The molecule has 1 N–H and O–H groups in total. The molecule has 1 heterocycles. The molecule has 0 spiro atoms. The van der Waals surface area contributed by atoms with E-state index in [0.717, 1.165) is 23.3 Å². The van der Waals surface area contributed by atoms with Crippen molar-refractivity contribution in [3.05, 3.63) is 102 Å². The van der Waals surface area contributed by atoms with Crippen LogP contribution >= 0.6 is 0 Å². The summed E-state index contributed by atoms with van der Waals surface area (Å²) in [6.07, 6.45) is 2.58. The molecule has 4 heteroatoms. The fourth-order valence-electron chi connectivity index (χ4n) is 2.56. The molecule has 0 unspecified atom stereocenters. The molecule has 1 aromatic heterocycles. The molecular formula is C22H21NO3. The van der Waals surface area contributed by atoms with E-state index in [-0.39, 0.29) is 18.3 Å². The third-order valence-electron chi connectivity index (χ3n) is 3.89. The van der Waals surface area contributed by atoms with Crippen molar-refractivity contribution >= 4 is 5.91 Å². The average molecular weight is 347 g/mol. The Hall–Kier alpha value is -3.27. The highest BCUT2D eigenvalue weighted by molar-refractivity contribution is 5.91. The lowest BCUT2D eigenvalue weighted by Gasteiger charge is -2.09. The van der Waals surface area contributed by atoms with Crippen LogP contribution in [-0.4, -0.2) is 5.91 Å². The van der Waals surface area contributed by atoms with Crippen LogP contribution in [0.25, 0.3) is 0 Å². The summed E-state index contributed by atoms with van der Waals surface area (Å²) in [5.41, 5.74) is 2.10. The predicted octanol–water partition coefficient (Wildman–Crippen LogP) is 4.52. The summed E-state index contributed by atoms with van der Waals surface area (Å²) in [4.78, 5) is 12.2. The van der Waals surface area contributed by atoms with Crippen LogP contribution in [0.15, 0.2) is 83.8 Å². The van der Waals surface area contributed by atoms with E-state index in [0.29, 0.717) is 12.3 Å². The monoisotopic (exact) mass is 347 g/mol. The molecule has 4 nitrogen and oxygen atoms in total. The van der Waals surface area contributed by atoms with Crippen molar-refractivity contribution in [2.45, 2.75) is 19.6 Å². The van der Waals surface area contributed by atoms with Crippen molar-refractivity contribution < 1.29 is 13.9 Å². The van der Waals surface area contributed by atoms with E-state index in [4.69, 9.17) is 9.15 Å². The molecule has 1 amide bonds. The molecule has 26 heavy (non-hydrogen) atoms. The van der Waals surface area contributed by atoms with Crippen molar-refractivity contribution in [3.8, 4) is 5.75 Å². The molecule has 2 aromatic carbocycles. The number of allylic oxidation sites excluding steroid dienone is 1. The van der Waals surface area contributed by atoms with Crippen molar-refractivity contribution in [2.24, 2.45) is 0 Å². The van der Waals surface area contributed by atoms with Crippen LogP contribution in [-0.2, 0) is 19.6 Å². The number of benzene rings is 2. The van der Waals surface area contributed by atoms with E-state index in [1.807, 2.05) is 60.7 Å². The number of carbonyl (C=O) groups excluding carboxylic acids is 1. The Morgan fingerprint density at radius 1 is 1.04 bits per heavy atom. The van der Waals surface area contributed by atoms with Crippen LogP contribution in [0.4, 0.5) is 0 Å². The number of nitrogens with one attached hydrogen (secondary N) is 1.